The SMILES string of the molecule is CCn1cc(Nc2ncc(C(N)=O)c(NCc3ncc[nH]3)n2)cn1. The third kappa shape index (κ3) is 3.48. The van der Waals surface area contributed by atoms with E-state index in [1.54, 1.807) is 23.3 Å². The van der Waals surface area contributed by atoms with E-state index in [0.717, 1.165) is 12.2 Å². The van der Waals surface area contributed by atoms with E-state index >= 15 is 0 Å². The molecule has 0 saturated carbocycles. The molecule has 0 aliphatic carbocycles. The number of nitrogens with one attached hydrogen (secondary N) is 3. The van der Waals surface area contributed by atoms with Crippen molar-refractivity contribution in [3.05, 3.63) is 42.4 Å². The van der Waals surface area contributed by atoms with Crippen molar-refractivity contribution < 1.29 is 4.79 Å². The number of anilines is 3. The van der Waals surface area contributed by atoms with Crippen LogP contribution in [0.15, 0.2) is 31.0 Å². The number of carbonyl (C=O) groups excluding carboxylic acids is 1. The summed E-state index contributed by atoms with van der Waals surface area (Å²) in [5, 5.41) is 10.2. The van der Waals surface area contributed by atoms with Crippen molar-refractivity contribution in [2.75, 3.05) is 10.6 Å². The van der Waals surface area contributed by atoms with Gasteiger partial charge in [-0.3, -0.25) is 9.48 Å². The summed E-state index contributed by atoms with van der Waals surface area (Å²) in [5.74, 6) is 0.766. The first kappa shape index (κ1) is 15.5. The lowest BCUT2D eigenvalue weighted by Gasteiger charge is -2.10. The number of nitrogens with two attached hydrogens (primary N) is 1. The maximum absolute atomic E-state index is 11.5. The summed E-state index contributed by atoms with van der Waals surface area (Å²) in [4.78, 5) is 27.0. The van der Waals surface area contributed by atoms with E-state index in [4.69, 9.17) is 5.73 Å². The fourth-order valence-electron chi connectivity index (χ4n) is 2.05. The Bertz CT molecular complexity index is 825. The fourth-order valence-corrected chi connectivity index (χ4v) is 2.05. The molecular weight excluding hydrogens is 310 g/mol. The molecule has 0 fully saturated rings. The lowest BCUT2D eigenvalue weighted by molar-refractivity contribution is 0.100. The van der Waals surface area contributed by atoms with Crippen molar-refractivity contribution >= 4 is 23.4 Å². The molecule has 0 saturated heterocycles. The minimum absolute atomic E-state index is 0.205. The first-order valence-corrected chi connectivity index (χ1v) is 7.34. The topological polar surface area (TPSA) is 139 Å². The molecule has 0 unspecified atom stereocenters. The zero-order valence-corrected chi connectivity index (χ0v) is 13.0. The molecule has 10 heteroatoms. The molecule has 0 spiro atoms. The third-order valence-corrected chi connectivity index (χ3v) is 3.25. The Labute approximate surface area is 137 Å². The van der Waals surface area contributed by atoms with Crippen LogP contribution in [-0.2, 0) is 13.1 Å². The molecule has 124 valence electrons. The van der Waals surface area contributed by atoms with Crippen molar-refractivity contribution in [2.45, 2.75) is 20.0 Å². The second kappa shape index (κ2) is 6.77. The fraction of sp³-hybridized carbons (Fsp3) is 0.214. The van der Waals surface area contributed by atoms with Crippen LogP contribution < -0.4 is 16.4 Å². The number of nitrogens with zero attached hydrogens (tertiary/aromatic N) is 5. The number of amides is 1. The van der Waals surface area contributed by atoms with Crippen LogP contribution in [-0.4, -0.2) is 35.6 Å². The van der Waals surface area contributed by atoms with Crippen LogP contribution in [0, 0.1) is 0 Å². The molecule has 0 radical (unpaired) electrons. The minimum atomic E-state index is -0.609. The Balaban J connectivity index is 1.80. The normalized spacial score (nSPS) is 10.5. The van der Waals surface area contributed by atoms with E-state index in [0.29, 0.717) is 24.1 Å². The lowest BCUT2D eigenvalue weighted by Crippen LogP contribution is -2.17. The summed E-state index contributed by atoms with van der Waals surface area (Å²) >= 11 is 0. The quantitative estimate of drug-likeness (QED) is 0.505. The largest absolute Gasteiger partial charge is 0.365 e. The van der Waals surface area contributed by atoms with Crippen LogP contribution in [0.5, 0.6) is 0 Å². The maximum Gasteiger partial charge on any atom is 0.254 e. The number of aromatic nitrogens is 6. The van der Waals surface area contributed by atoms with Gasteiger partial charge in [0.15, 0.2) is 0 Å². The van der Waals surface area contributed by atoms with Crippen LogP contribution in [0.2, 0.25) is 0 Å². The molecule has 0 aliphatic heterocycles. The van der Waals surface area contributed by atoms with Crippen LogP contribution in [0.1, 0.15) is 23.1 Å². The van der Waals surface area contributed by atoms with Gasteiger partial charge in [0.1, 0.15) is 11.6 Å². The summed E-state index contributed by atoms with van der Waals surface area (Å²) in [5.41, 5.74) is 6.33. The number of aromatic amines is 1. The standard InChI is InChI=1S/C14H17N9O/c1-2-23-8-9(5-20-23)21-14-19-6-10(12(15)24)13(22-14)18-7-11-16-3-4-17-11/h3-6,8H,2,7H2,1H3,(H2,15,24)(H,16,17)(H2,18,19,21,22). The Morgan fingerprint density at radius 1 is 1.38 bits per heavy atom. The third-order valence-electron chi connectivity index (χ3n) is 3.25. The van der Waals surface area contributed by atoms with Gasteiger partial charge in [-0.25, -0.2) is 9.97 Å². The lowest BCUT2D eigenvalue weighted by atomic mass is 10.3. The maximum atomic E-state index is 11.5. The van der Waals surface area contributed by atoms with Gasteiger partial charge in [-0.2, -0.15) is 10.1 Å². The molecule has 3 aromatic heterocycles. The molecule has 5 N–H and O–H groups in total. The minimum Gasteiger partial charge on any atom is -0.365 e. The predicted octanol–water partition coefficient (Wildman–Crippen LogP) is 0.871. The van der Waals surface area contributed by atoms with E-state index in [-0.39, 0.29) is 5.56 Å². The highest BCUT2D eigenvalue weighted by Crippen LogP contribution is 2.17. The number of imidazole rings is 1. The molecule has 3 rings (SSSR count). The van der Waals surface area contributed by atoms with Crippen molar-refractivity contribution in [1.82, 2.24) is 29.7 Å². The summed E-state index contributed by atoms with van der Waals surface area (Å²) < 4.78 is 1.77. The number of hydrogen-bond donors (Lipinski definition) is 4. The number of hydrogen-bond acceptors (Lipinski definition) is 7. The predicted molar refractivity (Wildman–Crippen MR) is 87.6 cm³/mol. The van der Waals surface area contributed by atoms with Gasteiger partial charge in [0.25, 0.3) is 5.91 Å². The van der Waals surface area contributed by atoms with E-state index in [1.165, 1.54) is 6.20 Å². The molecule has 0 bridgehead atoms. The molecule has 0 atom stereocenters. The second-order valence-corrected chi connectivity index (χ2v) is 4.92. The van der Waals surface area contributed by atoms with E-state index in [2.05, 4.69) is 35.7 Å². The van der Waals surface area contributed by atoms with Gasteiger partial charge in [-0.15, -0.1) is 0 Å². The number of H-pyrrole nitrogens is 1. The van der Waals surface area contributed by atoms with Crippen LogP contribution in [0.4, 0.5) is 17.5 Å². The molecule has 1 amide bonds. The van der Waals surface area contributed by atoms with Crippen LogP contribution >= 0.6 is 0 Å². The van der Waals surface area contributed by atoms with Gasteiger partial charge in [0.05, 0.1) is 24.0 Å². The number of aryl methyl sites for hydroxylation is 1. The highest BCUT2D eigenvalue weighted by molar-refractivity contribution is 5.97. The summed E-state index contributed by atoms with van der Waals surface area (Å²) in [7, 11) is 0. The van der Waals surface area contributed by atoms with Crippen molar-refractivity contribution in [3.63, 3.8) is 0 Å². The van der Waals surface area contributed by atoms with Crippen molar-refractivity contribution in [2.24, 2.45) is 5.73 Å². The van der Waals surface area contributed by atoms with Gasteiger partial charge in [-0.05, 0) is 6.92 Å². The average molecular weight is 327 g/mol. The smallest absolute Gasteiger partial charge is 0.254 e. The first-order valence-electron chi connectivity index (χ1n) is 7.34. The molecule has 0 aromatic carbocycles. The van der Waals surface area contributed by atoms with Gasteiger partial charge in [-0.1, -0.05) is 0 Å². The molecule has 3 heterocycles. The summed E-state index contributed by atoms with van der Waals surface area (Å²) in [6.07, 6.45) is 8.24. The van der Waals surface area contributed by atoms with Gasteiger partial charge >= 0.3 is 0 Å². The van der Waals surface area contributed by atoms with Crippen molar-refractivity contribution in [3.8, 4) is 0 Å². The zero-order chi connectivity index (χ0) is 16.9. The molecule has 3 aromatic rings. The van der Waals surface area contributed by atoms with Crippen molar-refractivity contribution in [1.29, 1.82) is 0 Å². The average Bonchev–Trinajstić information content (AvgIpc) is 3.24. The highest BCUT2D eigenvalue weighted by Gasteiger charge is 2.13. The number of carbonyl (C=O) groups is 1. The monoisotopic (exact) mass is 327 g/mol. The Morgan fingerprint density at radius 3 is 2.92 bits per heavy atom. The Morgan fingerprint density at radius 2 is 2.25 bits per heavy atom. The number of rotatable bonds is 7. The van der Waals surface area contributed by atoms with Gasteiger partial charge < -0.3 is 21.4 Å². The zero-order valence-electron chi connectivity index (χ0n) is 13.0. The molecule has 24 heavy (non-hydrogen) atoms. The van der Waals surface area contributed by atoms with Gasteiger partial charge in [0, 0.05) is 31.3 Å². The number of primary amides is 1. The summed E-state index contributed by atoms with van der Waals surface area (Å²) in [6, 6.07) is 0. The van der Waals surface area contributed by atoms with E-state index in [9.17, 15) is 4.79 Å². The van der Waals surface area contributed by atoms with Gasteiger partial charge in [0.2, 0.25) is 5.95 Å². The Hall–Kier alpha value is -3.43. The second-order valence-electron chi connectivity index (χ2n) is 4.92. The molecule has 10 nitrogen and oxygen atoms in total. The summed E-state index contributed by atoms with van der Waals surface area (Å²) in [6.45, 7) is 3.13. The molecular formula is C14H17N9O. The first-order chi connectivity index (χ1) is 11.7. The van der Waals surface area contributed by atoms with E-state index < -0.39 is 5.91 Å². The highest BCUT2D eigenvalue weighted by atomic mass is 16.1. The molecule has 0 aliphatic rings. The van der Waals surface area contributed by atoms with Crippen LogP contribution in [0.25, 0.3) is 0 Å². The Kier molecular flexibility index (Phi) is 4.36. The van der Waals surface area contributed by atoms with Crippen LogP contribution in [0.3, 0.4) is 0 Å². The van der Waals surface area contributed by atoms with E-state index in [1.807, 2.05) is 13.1 Å².